The molecule has 0 spiro atoms. The van der Waals surface area contributed by atoms with Crippen LogP contribution in [0.25, 0.3) is 11.0 Å². The first-order valence-corrected chi connectivity index (χ1v) is 9.49. The van der Waals surface area contributed by atoms with Crippen LogP contribution >= 0.6 is 0 Å². The van der Waals surface area contributed by atoms with E-state index in [1.807, 2.05) is 35.9 Å². The molecule has 0 atom stereocenters. The molecular formula is C17H18N4O3S. The smallest absolute Gasteiger partial charge is 0.251 e. The Morgan fingerprint density at radius 2 is 1.80 bits per heavy atom. The highest BCUT2D eigenvalue weighted by atomic mass is 32.2. The molecule has 3 rings (SSSR count). The molecule has 8 heteroatoms. The minimum absolute atomic E-state index is 0.252. The van der Waals surface area contributed by atoms with E-state index in [0.717, 1.165) is 23.1 Å². The Morgan fingerprint density at radius 3 is 2.44 bits per heavy atom. The second-order valence-corrected chi connectivity index (χ2v) is 7.46. The van der Waals surface area contributed by atoms with E-state index in [2.05, 4.69) is 15.0 Å². The standard InChI is InChI=1S/C17H18N4O3S/c1-21-15-6-4-3-5-14(15)19-16(21)11-18-17(22)12-7-9-13(10-8-12)20-25(2,23)24/h3-10,20H,11H2,1-2H3,(H,18,22). The number of fused-ring (bicyclic) bond motifs is 1. The number of carbonyl (C=O) groups excluding carboxylic acids is 1. The van der Waals surface area contributed by atoms with Crippen LogP contribution < -0.4 is 10.0 Å². The van der Waals surface area contributed by atoms with Crippen molar-refractivity contribution in [1.29, 1.82) is 0 Å². The van der Waals surface area contributed by atoms with Crippen LogP contribution in [0.4, 0.5) is 5.69 Å². The van der Waals surface area contributed by atoms with Crippen molar-refractivity contribution in [2.75, 3.05) is 11.0 Å². The minimum atomic E-state index is -3.34. The summed E-state index contributed by atoms with van der Waals surface area (Å²) < 4.78 is 26.7. The monoisotopic (exact) mass is 358 g/mol. The van der Waals surface area contributed by atoms with E-state index in [-0.39, 0.29) is 5.91 Å². The van der Waals surface area contributed by atoms with Gasteiger partial charge in [0.2, 0.25) is 10.0 Å². The van der Waals surface area contributed by atoms with Gasteiger partial charge in [0.15, 0.2) is 0 Å². The zero-order chi connectivity index (χ0) is 18.0. The van der Waals surface area contributed by atoms with Gasteiger partial charge < -0.3 is 9.88 Å². The average Bonchev–Trinajstić information content (AvgIpc) is 2.88. The van der Waals surface area contributed by atoms with Crippen LogP contribution in [-0.2, 0) is 23.6 Å². The molecule has 25 heavy (non-hydrogen) atoms. The predicted octanol–water partition coefficient (Wildman–Crippen LogP) is 1.87. The molecule has 0 fully saturated rings. The minimum Gasteiger partial charge on any atom is -0.345 e. The number of rotatable bonds is 5. The van der Waals surface area contributed by atoms with Gasteiger partial charge in [-0.2, -0.15) is 0 Å². The van der Waals surface area contributed by atoms with Gasteiger partial charge in [-0.3, -0.25) is 9.52 Å². The van der Waals surface area contributed by atoms with Gasteiger partial charge in [-0.05, 0) is 36.4 Å². The Bertz CT molecular complexity index is 1020. The summed E-state index contributed by atoms with van der Waals surface area (Å²) in [6, 6.07) is 14.0. The third-order valence-corrected chi connectivity index (χ3v) is 4.34. The molecule has 7 nitrogen and oxygen atoms in total. The van der Waals surface area contributed by atoms with E-state index >= 15 is 0 Å². The Hall–Kier alpha value is -2.87. The van der Waals surface area contributed by atoms with E-state index in [1.165, 1.54) is 0 Å². The molecule has 0 unspecified atom stereocenters. The van der Waals surface area contributed by atoms with Gasteiger partial charge in [0.05, 0.1) is 23.8 Å². The van der Waals surface area contributed by atoms with Crippen molar-refractivity contribution in [3.63, 3.8) is 0 Å². The van der Waals surface area contributed by atoms with Gasteiger partial charge in [-0.25, -0.2) is 13.4 Å². The van der Waals surface area contributed by atoms with Gasteiger partial charge in [-0.1, -0.05) is 12.1 Å². The number of nitrogens with one attached hydrogen (secondary N) is 2. The molecule has 2 N–H and O–H groups in total. The highest BCUT2D eigenvalue weighted by Crippen LogP contribution is 2.14. The molecule has 0 aliphatic carbocycles. The molecule has 3 aromatic rings. The van der Waals surface area contributed by atoms with E-state index in [0.29, 0.717) is 17.8 Å². The summed E-state index contributed by atoms with van der Waals surface area (Å²) in [5, 5.41) is 2.82. The topological polar surface area (TPSA) is 93.1 Å². The maximum atomic E-state index is 12.3. The average molecular weight is 358 g/mol. The van der Waals surface area contributed by atoms with Crippen LogP contribution in [-0.4, -0.2) is 30.1 Å². The molecule has 1 aromatic heterocycles. The van der Waals surface area contributed by atoms with Crippen molar-refractivity contribution in [3.8, 4) is 0 Å². The van der Waals surface area contributed by atoms with Crippen LogP contribution in [0.3, 0.4) is 0 Å². The molecule has 0 bridgehead atoms. The SMILES string of the molecule is Cn1c(CNC(=O)c2ccc(NS(C)(=O)=O)cc2)nc2ccccc21. The second kappa shape index (κ2) is 6.56. The molecule has 1 amide bonds. The Labute approximate surface area is 145 Å². The summed E-state index contributed by atoms with van der Waals surface area (Å²) in [6.45, 7) is 0.299. The summed E-state index contributed by atoms with van der Waals surface area (Å²) in [4.78, 5) is 16.8. The fourth-order valence-corrected chi connectivity index (χ4v) is 3.08. The van der Waals surface area contributed by atoms with Crippen LogP contribution in [0, 0.1) is 0 Å². The van der Waals surface area contributed by atoms with E-state index < -0.39 is 10.0 Å². The first kappa shape index (κ1) is 17.0. The van der Waals surface area contributed by atoms with Crippen LogP contribution in [0.1, 0.15) is 16.2 Å². The van der Waals surface area contributed by atoms with Crippen LogP contribution in [0.5, 0.6) is 0 Å². The van der Waals surface area contributed by atoms with E-state index in [4.69, 9.17) is 0 Å². The van der Waals surface area contributed by atoms with Gasteiger partial charge in [-0.15, -0.1) is 0 Å². The fourth-order valence-electron chi connectivity index (χ4n) is 2.52. The number of sulfonamides is 1. The number of aromatic nitrogens is 2. The summed E-state index contributed by atoms with van der Waals surface area (Å²) in [5.74, 6) is 0.503. The van der Waals surface area contributed by atoms with E-state index in [1.54, 1.807) is 24.3 Å². The number of carbonyl (C=O) groups is 1. The van der Waals surface area contributed by atoms with Crippen molar-refractivity contribution < 1.29 is 13.2 Å². The molecule has 0 saturated heterocycles. The molecule has 0 radical (unpaired) electrons. The Balaban J connectivity index is 1.68. The number of amides is 1. The lowest BCUT2D eigenvalue weighted by Gasteiger charge is -2.07. The Kier molecular flexibility index (Phi) is 4.45. The normalized spacial score (nSPS) is 11.4. The largest absolute Gasteiger partial charge is 0.345 e. The number of anilines is 1. The first-order valence-electron chi connectivity index (χ1n) is 7.60. The van der Waals surface area contributed by atoms with Gasteiger partial charge in [0.1, 0.15) is 5.82 Å². The zero-order valence-electron chi connectivity index (χ0n) is 13.9. The van der Waals surface area contributed by atoms with Gasteiger partial charge >= 0.3 is 0 Å². The third kappa shape index (κ3) is 3.97. The number of hydrogen-bond donors (Lipinski definition) is 2. The highest BCUT2D eigenvalue weighted by molar-refractivity contribution is 7.92. The lowest BCUT2D eigenvalue weighted by molar-refractivity contribution is 0.0949. The molecule has 0 saturated carbocycles. The number of para-hydroxylation sites is 2. The summed E-state index contributed by atoms with van der Waals surface area (Å²) in [5.41, 5.74) is 2.74. The molecule has 1 heterocycles. The van der Waals surface area contributed by atoms with Gasteiger partial charge in [0.25, 0.3) is 5.91 Å². The van der Waals surface area contributed by atoms with Crippen molar-refractivity contribution in [2.24, 2.45) is 7.05 Å². The first-order chi connectivity index (χ1) is 11.8. The lowest BCUT2D eigenvalue weighted by Crippen LogP contribution is -2.24. The summed E-state index contributed by atoms with van der Waals surface area (Å²) in [7, 11) is -1.43. The zero-order valence-corrected chi connectivity index (χ0v) is 14.7. The maximum Gasteiger partial charge on any atom is 0.251 e. The fraction of sp³-hybridized carbons (Fsp3) is 0.176. The summed E-state index contributed by atoms with van der Waals surface area (Å²) >= 11 is 0. The number of nitrogens with zero attached hydrogens (tertiary/aromatic N) is 2. The van der Waals surface area contributed by atoms with Crippen molar-refractivity contribution in [3.05, 3.63) is 59.9 Å². The molecule has 0 aliphatic heterocycles. The van der Waals surface area contributed by atoms with Crippen molar-refractivity contribution in [1.82, 2.24) is 14.9 Å². The molecule has 2 aromatic carbocycles. The Morgan fingerprint density at radius 1 is 1.12 bits per heavy atom. The summed E-state index contributed by atoms with van der Waals surface area (Å²) in [6.07, 6.45) is 1.07. The van der Waals surface area contributed by atoms with Crippen molar-refractivity contribution >= 4 is 32.7 Å². The number of hydrogen-bond acceptors (Lipinski definition) is 4. The third-order valence-electron chi connectivity index (χ3n) is 3.74. The molecule has 0 aliphatic rings. The molecule has 130 valence electrons. The van der Waals surface area contributed by atoms with Crippen LogP contribution in [0.15, 0.2) is 48.5 Å². The van der Waals surface area contributed by atoms with Gasteiger partial charge in [0, 0.05) is 18.3 Å². The predicted molar refractivity (Wildman–Crippen MR) is 96.8 cm³/mol. The lowest BCUT2D eigenvalue weighted by atomic mass is 10.2. The van der Waals surface area contributed by atoms with Crippen LogP contribution in [0.2, 0.25) is 0 Å². The highest BCUT2D eigenvalue weighted by Gasteiger charge is 2.10. The molecular weight excluding hydrogens is 340 g/mol. The maximum absolute atomic E-state index is 12.3. The number of benzene rings is 2. The number of imidazole rings is 1. The van der Waals surface area contributed by atoms with Crippen molar-refractivity contribution in [2.45, 2.75) is 6.54 Å². The van der Waals surface area contributed by atoms with E-state index in [9.17, 15) is 13.2 Å². The number of aryl methyl sites for hydroxylation is 1. The second-order valence-electron chi connectivity index (χ2n) is 5.71. The quantitative estimate of drug-likeness (QED) is 0.728.